The maximum atomic E-state index is 4.34. The van der Waals surface area contributed by atoms with Crippen LogP contribution in [0.4, 0.5) is 0 Å². The second-order valence-corrected chi connectivity index (χ2v) is 2.73. The van der Waals surface area contributed by atoms with E-state index in [1.54, 1.807) is 6.08 Å². The molecule has 0 fully saturated rings. The molecule has 1 rings (SSSR count). The normalized spacial score (nSPS) is 23.5. The van der Waals surface area contributed by atoms with Crippen LogP contribution >= 0.6 is 0 Å². The average Bonchev–Trinajstić information content (AvgIpc) is 2.04. The van der Waals surface area contributed by atoms with Crippen LogP contribution in [-0.4, -0.2) is 12.3 Å². The van der Waals surface area contributed by atoms with Crippen molar-refractivity contribution in [1.82, 2.24) is 0 Å². The minimum atomic E-state index is 0.534. The average molecular weight is 147 g/mol. The van der Waals surface area contributed by atoms with Crippen LogP contribution in [0.2, 0.25) is 0 Å². The molecule has 1 nitrogen and oxygen atoms in total. The number of allylic oxidation sites excluding steroid dienone is 3. The Morgan fingerprint density at radius 3 is 2.82 bits per heavy atom. The second-order valence-electron chi connectivity index (χ2n) is 2.73. The van der Waals surface area contributed by atoms with Crippen molar-refractivity contribution in [2.75, 3.05) is 6.54 Å². The Morgan fingerprint density at radius 1 is 1.55 bits per heavy atom. The molecule has 1 heteroatoms. The fraction of sp³-hybridized carbons (Fsp3) is 0.300. The highest BCUT2D eigenvalue weighted by atomic mass is 14.7. The van der Waals surface area contributed by atoms with Crippen LogP contribution in [0.25, 0.3) is 0 Å². The lowest BCUT2D eigenvalue weighted by molar-refractivity contribution is 0.731. The summed E-state index contributed by atoms with van der Waals surface area (Å²) < 4.78 is 0. The van der Waals surface area contributed by atoms with Crippen molar-refractivity contribution in [1.29, 1.82) is 0 Å². The molecule has 1 atom stereocenters. The highest BCUT2D eigenvalue weighted by molar-refractivity contribution is 6.10. The van der Waals surface area contributed by atoms with Gasteiger partial charge in [0.25, 0.3) is 0 Å². The van der Waals surface area contributed by atoms with Crippen molar-refractivity contribution < 1.29 is 0 Å². The van der Waals surface area contributed by atoms with Gasteiger partial charge in [0.2, 0.25) is 0 Å². The van der Waals surface area contributed by atoms with Crippen molar-refractivity contribution >= 4 is 5.71 Å². The minimum Gasteiger partial charge on any atom is -0.284 e. The van der Waals surface area contributed by atoms with E-state index in [4.69, 9.17) is 0 Å². The molecule has 0 spiro atoms. The van der Waals surface area contributed by atoms with E-state index >= 15 is 0 Å². The quantitative estimate of drug-likeness (QED) is 0.568. The van der Waals surface area contributed by atoms with Gasteiger partial charge in [-0.2, -0.15) is 0 Å². The monoisotopic (exact) mass is 147 g/mol. The maximum absolute atomic E-state index is 4.34. The largest absolute Gasteiger partial charge is 0.284 e. The van der Waals surface area contributed by atoms with Crippen LogP contribution in [0.5, 0.6) is 0 Å². The summed E-state index contributed by atoms with van der Waals surface area (Å²) in [5.41, 5.74) is 2.08. The summed E-state index contributed by atoms with van der Waals surface area (Å²) in [6.07, 6.45) is 5.78. The van der Waals surface area contributed by atoms with E-state index in [1.165, 1.54) is 0 Å². The van der Waals surface area contributed by atoms with Crippen molar-refractivity contribution in [2.45, 2.75) is 6.92 Å². The zero-order chi connectivity index (χ0) is 8.27. The van der Waals surface area contributed by atoms with Crippen molar-refractivity contribution in [3.05, 3.63) is 37.0 Å². The first-order valence-electron chi connectivity index (χ1n) is 3.79. The molecule has 1 aliphatic heterocycles. The van der Waals surface area contributed by atoms with Gasteiger partial charge in [0.15, 0.2) is 0 Å². The van der Waals surface area contributed by atoms with Crippen LogP contribution in [0.15, 0.2) is 42.0 Å². The molecular formula is C10H13N. The lowest BCUT2D eigenvalue weighted by Crippen LogP contribution is -2.09. The summed E-state index contributed by atoms with van der Waals surface area (Å²) in [4.78, 5) is 4.34. The molecule has 0 amide bonds. The third-order valence-corrected chi connectivity index (χ3v) is 1.72. The van der Waals surface area contributed by atoms with Gasteiger partial charge in [-0.1, -0.05) is 32.2 Å². The first kappa shape index (κ1) is 7.99. The SMILES string of the molecule is C=CC1=CC(C)CN=C1C=C. The van der Waals surface area contributed by atoms with Gasteiger partial charge in [0.05, 0.1) is 5.71 Å². The first-order valence-corrected chi connectivity index (χ1v) is 3.79. The smallest absolute Gasteiger partial charge is 0.0637 e. The predicted molar refractivity (Wildman–Crippen MR) is 49.9 cm³/mol. The van der Waals surface area contributed by atoms with Gasteiger partial charge in [-0.25, -0.2) is 0 Å². The van der Waals surface area contributed by atoms with E-state index < -0.39 is 0 Å². The topological polar surface area (TPSA) is 12.4 Å². The van der Waals surface area contributed by atoms with E-state index in [2.05, 4.69) is 31.2 Å². The molecule has 0 radical (unpaired) electrons. The fourth-order valence-corrected chi connectivity index (χ4v) is 1.13. The number of hydrogen-bond donors (Lipinski definition) is 0. The van der Waals surface area contributed by atoms with Gasteiger partial charge in [0.1, 0.15) is 0 Å². The summed E-state index contributed by atoms with van der Waals surface area (Å²) in [5.74, 6) is 0.534. The molecule has 1 aliphatic rings. The standard InChI is InChI=1S/C10H13N/c1-4-9-6-8(3)7-11-10(9)5-2/h4-6,8H,1-2,7H2,3H3. The van der Waals surface area contributed by atoms with Gasteiger partial charge in [0, 0.05) is 6.54 Å². The van der Waals surface area contributed by atoms with Crippen LogP contribution < -0.4 is 0 Å². The van der Waals surface area contributed by atoms with Crippen LogP contribution in [0, 0.1) is 5.92 Å². The molecule has 0 aromatic rings. The Balaban J connectivity index is 2.90. The first-order chi connectivity index (χ1) is 5.27. The molecule has 0 bridgehead atoms. The summed E-state index contributed by atoms with van der Waals surface area (Å²) >= 11 is 0. The van der Waals surface area contributed by atoms with Crippen molar-refractivity contribution in [2.24, 2.45) is 10.9 Å². The Labute approximate surface area is 67.8 Å². The van der Waals surface area contributed by atoms with Gasteiger partial charge >= 0.3 is 0 Å². The molecule has 0 saturated carbocycles. The van der Waals surface area contributed by atoms with Gasteiger partial charge in [-0.3, -0.25) is 4.99 Å². The van der Waals surface area contributed by atoms with Crippen LogP contribution in [0.1, 0.15) is 6.92 Å². The number of hydrogen-bond acceptors (Lipinski definition) is 1. The molecule has 1 heterocycles. The summed E-state index contributed by atoms with van der Waals surface area (Å²) in [6.45, 7) is 10.4. The number of dihydropyridines is 1. The number of nitrogens with zero attached hydrogens (tertiary/aromatic N) is 1. The Bertz CT molecular complexity index is 233. The highest BCUT2D eigenvalue weighted by Gasteiger charge is 2.08. The molecule has 0 N–H and O–H groups in total. The lowest BCUT2D eigenvalue weighted by Gasteiger charge is -2.13. The van der Waals surface area contributed by atoms with E-state index in [1.807, 2.05) is 6.08 Å². The molecular weight excluding hydrogens is 134 g/mol. The van der Waals surface area contributed by atoms with Crippen LogP contribution in [0.3, 0.4) is 0 Å². The number of rotatable bonds is 2. The molecule has 58 valence electrons. The highest BCUT2D eigenvalue weighted by Crippen LogP contribution is 2.13. The third kappa shape index (κ3) is 1.67. The zero-order valence-corrected chi connectivity index (χ0v) is 6.88. The third-order valence-electron chi connectivity index (χ3n) is 1.72. The molecule has 0 aromatic carbocycles. The Hall–Kier alpha value is -1.11. The van der Waals surface area contributed by atoms with Gasteiger partial charge < -0.3 is 0 Å². The molecule has 0 aliphatic carbocycles. The summed E-state index contributed by atoms with van der Waals surface area (Å²) in [5, 5.41) is 0. The lowest BCUT2D eigenvalue weighted by atomic mass is 10.0. The molecule has 11 heavy (non-hydrogen) atoms. The number of aliphatic imine (C=N–C) groups is 1. The van der Waals surface area contributed by atoms with E-state index in [0.717, 1.165) is 17.8 Å². The maximum Gasteiger partial charge on any atom is 0.0637 e. The molecule has 0 aromatic heterocycles. The van der Waals surface area contributed by atoms with Gasteiger partial charge in [-0.05, 0) is 17.6 Å². The Kier molecular flexibility index (Phi) is 2.42. The van der Waals surface area contributed by atoms with E-state index in [0.29, 0.717) is 5.92 Å². The molecule has 1 unspecified atom stereocenters. The summed E-state index contributed by atoms with van der Waals surface area (Å²) in [7, 11) is 0. The van der Waals surface area contributed by atoms with E-state index in [9.17, 15) is 0 Å². The predicted octanol–water partition coefficient (Wildman–Crippen LogP) is 2.38. The van der Waals surface area contributed by atoms with Gasteiger partial charge in [-0.15, -0.1) is 0 Å². The fourth-order valence-electron chi connectivity index (χ4n) is 1.13. The minimum absolute atomic E-state index is 0.534. The van der Waals surface area contributed by atoms with Crippen molar-refractivity contribution in [3.8, 4) is 0 Å². The molecule has 0 saturated heterocycles. The van der Waals surface area contributed by atoms with Crippen LogP contribution in [-0.2, 0) is 0 Å². The Morgan fingerprint density at radius 2 is 2.27 bits per heavy atom. The zero-order valence-electron chi connectivity index (χ0n) is 6.88. The summed E-state index contributed by atoms with van der Waals surface area (Å²) in [6, 6.07) is 0. The van der Waals surface area contributed by atoms with E-state index in [-0.39, 0.29) is 0 Å². The van der Waals surface area contributed by atoms with Crippen molar-refractivity contribution in [3.63, 3.8) is 0 Å². The second kappa shape index (κ2) is 3.33.